The maximum absolute atomic E-state index is 13.2. The summed E-state index contributed by atoms with van der Waals surface area (Å²) in [4.78, 5) is 21.6. The highest BCUT2D eigenvalue weighted by atomic mass is 35.5. The number of piperidine rings is 1. The van der Waals surface area contributed by atoms with Gasteiger partial charge in [0.2, 0.25) is 0 Å². The van der Waals surface area contributed by atoms with Gasteiger partial charge in [-0.25, -0.2) is 13.4 Å². The van der Waals surface area contributed by atoms with Gasteiger partial charge >= 0.3 is 0 Å². The Hall–Kier alpha value is -3.38. The summed E-state index contributed by atoms with van der Waals surface area (Å²) in [6.07, 6.45) is 4.92. The molecule has 0 radical (unpaired) electrons. The van der Waals surface area contributed by atoms with Gasteiger partial charge in [0.25, 0.3) is 15.9 Å². The van der Waals surface area contributed by atoms with Crippen LogP contribution < -0.4 is 10.5 Å². The number of nitrogen functional groups attached to an aromatic ring is 1. The van der Waals surface area contributed by atoms with Crippen LogP contribution in [0.5, 0.6) is 0 Å². The highest BCUT2D eigenvalue weighted by Gasteiger charge is 2.27. The highest BCUT2D eigenvalue weighted by Crippen LogP contribution is 2.32. The minimum absolute atomic E-state index is 0.0504. The Balaban J connectivity index is 1.36. The number of nitrogens with zero attached hydrogens (tertiary/aromatic N) is 5. The van der Waals surface area contributed by atoms with Crippen LogP contribution in [0.15, 0.2) is 59.8 Å². The van der Waals surface area contributed by atoms with Gasteiger partial charge < -0.3 is 15.5 Å². The number of carbonyl (C=O) groups excluding carboxylic acids is 1. The number of sulfonamides is 1. The minimum atomic E-state index is -3.96. The first-order chi connectivity index (χ1) is 18.6. The number of hydrogen-bond donors (Lipinski definition) is 2. The van der Waals surface area contributed by atoms with E-state index in [0.717, 1.165) is 12.8 Å². The molecular formula is C26H27Cl2N7O3S. The maximum Gasteiger partial charge on any atom is 0.263 e. The molecule has 0 atom stereocenters. The van der Waals surface area contributed by atoms with Crippen molar-refractivity contribution in [2.75, 3.05) is 37.6 Å². The van der Waals surface area contributed by atoms with Gasteiger partial charge in [0.1, 0.15) is 16.3 Å². The van der Waals surface area contributed by atoms with Crippen LogP contribution in [0, 0.1) is 0 Å². The molecule has 5 rings (SSSR count). The second kappa shape index (κ2) is 10.6. The molecule has 1 aliphatic heterocycles. The molecule has 1 aliphatic rings. The first-order valence-electron chi connectivity index (χ1n) is 12.2. The summed E-state index contributed by atoms with van der Waals surface area (Å²) in [5, 5.41) is 4.43. The number of nitrogens with two attached hydrogens (primary N) is 1. The highest BCUT2D eigenvalue weighted by molar-refractivity contribution is 7.92. The van der Waals surface area contributed by atoms with E-state index < -0.39 is 10.0 Å². The van der Waals surface area contributed by atoms with Crippen LogP contribution in [-0.4, -0.2) is 71.9 Å². The SMILES string of the molecule is CN(C)C1CCN(C(=O)c2cnn3c(N)c(-c4ccc(NS(=O)(=O)c5cccc(Cl)c5Cl)cc4)cnc23)CC1. The number of nitrogens with one attached hydrogen (secondary N) is 1. The summed E-state index contributed by atoms with van der Waals surface area (Å²) in [5.41, 5.74) is 8.83. The van der Waals surface area contributed by atoms with Crippen LogP contribution in [0.4, 0.5) is 11.5 Å². The quantitative estimate of drug-likeness (QED) is 0.345. The van der Waals surface area contributed by atoms with E-state index in [4.69, 9.17) is 28.9 Å². The average Bonchev–Trinajstić information content (AvgIpc) is 3.35. The summed E-state index contributed by atoms with van der Waals surface area (Å²) in [5.74, 6) is 0.197. The number of likely N-dealkylation sites (tertiary alicyclic amines) is 1. The molecule has 1 saturated heterocycles. The Morgan fingerprint density at radius 2 is 1.77 bits per heavy atom. The van der Waals surface area contributed by atoms with Crippen molar-refractivity contribution in [1.82, 2.24) is 24.4 Å². The van der Waals surface area contributed by atoms with E-state index in [2.05, 4.69) is 33.8 Å². The molecule has 4 aromatic rings. The third kappa shape index (κ3) is 5.27. The van der Waals surface area contributed by atoms with Crippen molar-refractivity contribution in [2.24, 2.45) is 0 Å². The number of halogens is 2. The number of benzene rings is 2. The maximum atomic E-state index is 13.2. The number of anilines is 2. The van der Waals surface area contributed by atoms with Crippen LogP contribution in [0.2, 0.25) is 10.0 Å². The van der Waals surface area contributed by atoms with E-state index in [9.17, 15) is 13.2 Å². The Morgan fingerprint density at radius 1 is 1.08 bits per heavy atom. The lowest BCUT2D eigenvalue weighted by Gasteiger charge is -2.35. The largest absolute Gasteiger partial charge is 0.383 e. The monoisotopic (exact) mass is 587 g/mol. The van der Waals surface area contributed by atoms with Crippen molar-refractivity contribution in [2.45, 2.75) is 23.8 Å². The molecule has 3 heterocycles. The van der Waals surface area contributed by atoms with Crippen LogP contribution >= 0.6 is 23.2 Å². The Morgan fingerprint density at radius 3 is 2.44 bits per heavy atom. The fraction of sp³-hybridized carbons (Fsp3) is 0.269. The van der Waals surface area contributed by atoms with Crippen molar-refractivity contribution in [3.05, 3.63) is 70.5 Å². The van der Waals surface area contributed by atoms with Crippen LogP contribution in [-0.2, 0) is 10.0 Å². The van der Waals surface area contributed by atoms with Gasteiger partial charge in [-0.2, -0.15) is 9.61 Å². The molecule has 13 heteroatoms. The molecule has 0 unspecified atom stereocenters. The molecule has 0 spiro atoms. The smallest absolute Gasteiger partial charge is 0.263 e. The summed E-state index contributed by atoms with van der Waals surface area (Å²) >= 11 is 12.1. The van der Waals surface area contributed by atoms with Crippen molar-refractivity contribution >= 4 is 56.3 Å². The lowest BCUT2D eigenvalue weighted by atomic mass is 10.0. The van der Waals surface area contributed by atoms with E-state index in [1.165, 1.54) is 28.9 Å². The minimum Gasteiger partial charge on any atom is -0.383 e. The molecule has 1 fully saturated rings. The molecule has 2 aromatic carbocycles. The molecule has 10 nitrogen and oxygen atoms in total. The number of rotatable bonds is 6. The number of fused-ring (bicyclic) bond motifs is 1. The predicted octanol–water partition coefficient (Wildman–Crippen LogP) is 4.25. The van der Waals surface area contributed by atoms with E-state index in [1.54, 1.807) is 30.5 Å². The fourth-order valence-electron chi connectivity index (χ4n) is 4.70. The van der Waals surface area contributed by atoms with Crippen LogP contribution in [0.1, 0.15) is 23.2 Å². The van der Waals surface area contributed by atoms with Gasteiger partial charge in [0.15, 0.2) is 5.65 Å². The molecule has 1 amide bonds. The zero-order valence-corrected chi connectivity index (χ0v) is 23.6. The van der Waals surface area contributed by atoms with Gasteiger partial charge in [-0.15, -0.1) is 0 Å². The van der Waals surface area contributed by atoms with E-state index in [0.29, 0.717) is 53.0 Å². The van der Waals surface area contributed by atoms with Gasteiger partial charge in [0, 0.05) is 36.6 Å². The predicted molar refractivity (Wildman–Crippen MR) is 153 cm³/mol. The molecule has 39 heavy (non-hydrogen) atoms. The Labute approximate surface area is 236 Å². The lowest BCUT2D eigenvalue weighted by molar-refractivity contribution is 0.0665. The normalized spacial score (nSPS) is 14.7. The van der Waals surface area contributed by atoms with Crippen molar-refractivity contribution in [1.29, 1.82) is 0 Å². The Bertz CT molecular complexity index is 1650. The van der Waals surface area contributed by atoms with Crippen molar-refractivity contribution in [3.8, 4) is 11.1 Å². The molecule has 0 aliphatic carbocycles. The molecule has 0 bridgehead atoms. The second-order valence-electron chi connectivity index (χ2n) is 9.57. The fourth-order valence-corrected chi connectivity index (χ4v) is 6.52. The third-order valence-electron chi connectivity index (χ3n) is 6.93. The summed E-state index contributed by atoms with van der Waals surface area (Å²) in [6, 6.07) is 11.5. The summed E-state index contributed by atoms with van der Waals surface area (Å²) < 4.78 is 29.6. The topological polar surface area (TPSA) is 126 Å². The van der Waals surface area contributed by atoms with Crippen molar-refractivity contribution in [3.63, 3.8) is 0 Å². The van der Waals surface area contributed by atoms with Crippen LogP contribution in [0.25, 0.3) is 16.8 Å². The zero-order valence-electron chi connectivity index (χ0n) is 21.3. The number of hydrogen-bond acceptors (Lipinski definition) is 7. The molecule has 0 saturated carbocycles. The molecule has 3 N–H and O–H groups in total. The molecule has 2 aromatic heterocycles. The number of aromatic nitrogens is 3. The van der Waals surface area contributed by atoms with Gasteiger partial charge in [-0.1, -0.05) is 41.4 Å². The van der Waals surface area contributed by atoms with E-state index in [1.807, 2.05) is 4.90 Å². The number of amides is 1. The summed E-state index contributed by atoms with van der Waals surface area (Å²) in [6.45, 7) is 1.35. The van der Waals surface area contributed by atoms with Crippen molar-refractivity contribution < 1.29 is 13.2 Å². The molecule has 204 valence electrons. The first-order valence-corrected chi connectivity index (χ1v) is 14.5. The summed E-state index contributed by atoms with van der Waals surface area (Å²) in [7, 11) is 0.154. The van der Waals surface area contributed by atoms with Crippen LogP contribution in [0.3, 0.4) is 0 Å². The van der Waals surface area contributed by atoms with E-state index in [-0.39, 0.29) is 20.8 Å². The lowest BCUT2D eigenvalue weighted by Crippen LogP contribution is -2.44. The standard InChI is InChI=1S/C26H27Cl2N7O3S/c1-33(2)18-10-12-34(13-11-18)26(36)20-15-31-35-24(29)19(14-30-25(20)35)16-6-8-17(9-7-16)32-39(37,38)22-5-3-4-21(27)23(22)28/h3-9,14-15,18,32H,10-13,29H2,1-2H3. The first kappa shape index (κ1) is 27.2. The van der Waals surface area contributed by atoms with Gasteiger partial charge in [-0.3, -0.25) is 9.52 Å². The third-order valence-corrected chi connectivity index (χ3v) is 9.28. The van der Waals surface area contributed by atoms with Gasteiger partial charge in [0.05, 0.1) is 16.2 Å². The average molecular weight is 589 g/mol. The zero-order chi connectivity index (χ0) is 27.9. The molecular weight excluding hydrogens is 561 g/mol. The second-order valence-corrected chi connectivity index (χ2v) is 12.0. The van der Waals surface area contributed by atoms with E-state index >= 15 is 0 Å². The van der Waals surface area contributed by atoms with Gasteiger partial charge in [-0.05, 0) is 56.8 Å². The number of carbonyl (C=O) groups is 1. The Kier molecular flexibility index (Phi) is 7.43.